The molecule has 0 aliphatic heterocycles. The summed E-state index contributed by atoms with van der Waals surface area (Å²) in [5.41, 5.74) is 1.55. The Kier molecular flexibility index (Phi) is 5.52. The first-order chi connectivity index (χ1) is 10.6. The van der Waals surface area contributed by atoms with Crippen molar-refractivity contribution in [2.45, 2.75) is 39.2 Å². The van der Waals surface area contributed by atoms with Crippen LogP contribution in [0, 0.1) is 0 Å². The number of fused-ring (bicyclic) bond motifs is 1. The molecule has 2 rings (SSSR count). The van der Waals surface area contributed by atoms with Gasteiger partial charge < -0.3 is 15.1 Å². The number of amides is 2. The summed E-state index contributed by atoms with van der Waals surface area (Å²) in [5.74, 6) is 0.216. The Morgan fingerprint density at radius 3 is 2.77 bits per heavy atom. The van der Waals surface area contributed by atoms with Gasteiger partial charge in [-0.3, -0.25) is 9.59 Å². The third-order valence-electron chi connectivity index (χ3n) is 3.25. The van der Waals surface area contributed by atoms with Crippen molar-refractivity contribution in [2.75, 3.05) is 6.54 Å². The molecule has 6 nitrogen and oxygen atoms in total. The van der Waals surface area contributed by atoms with Crippen molar-refractivity contribution >= 4 is 22.9 Å². The maximum Gasteiger partial charge on any atom is 0.242 e. The Morgan fingerprint density at radius 2 is 2.09 bits per heavy atom. The molecule has 0 radical (unpaired) electrons. The predicted molar refractivity (Wildman–Crippen MR) is 83.2 cm³/mol. The lowest BCUT2D eigenvalue weighted by Crippen LogP contribution is -2.46. The first-order valence-corrected chi connectivity index (χ1v) is 7.49. The summed E-state index contributed by atoms with van der Waals surface area (Å²) in [6.07, 6.45) is 1.96. The highest BCUT2D eigenvalue weighted by Crippen LogP contribution is 2.14. The number of hydrogen-bond acceptors (Lipinski definition) is 4. The maximum atomic E-state index is 12.1. The molecule has 1 unspecified atom stereocenters. The van der Waals surface area contributed by atoms with Crippen LogP contribution < -0.4 is 10.6 Å². The van der Waals surface area contributed by atoms with Gasteiger partial charge in [-0.1, -0.05) is 25.5 Å². The Labute approximate surface area is 129 Å². The minimum Gasteiger partial charge on any atom is -0.441 e. The maximum absolute atomic E-state index is 12.1. The fourth-order valence-electron chi connectivity index (χ4n) is 2.25. The highest BCUT2D eigenvalue weighted by molar-refractivity contribution is 5.86. The highest BCUT2D eigenvalue weighted by atomic mass is 16.3. The van der Waals surface area contributed by atoms with Crippen LogP contribution >= 0.6 is 0 Å². The van der Waals surface area contributed by atoms with Crippen LogP contribution in [0.4, 0.5) is 0 Å². The highest BCUT2D eigenvalue weighted by Gasteiger charge is 2.18. The summed E-state index contributed by atoms with van der Waals surface area (Å²) in [7, 11) is 0. The molecule has 22 heavy (non-hydrogen) atoms. The molecule has 0 saturated heterocycles. The van der Waals surface area contributed by atoms with E-state index in [0.29, 0.717) is 25.3 Å². The lowest BCUT2D eigenvalue weighted by Gasteiger charge is -2.16. The first kappa shape index (κ1) is 16.0. The normalized spacial score (nSPS) is 12.1. The van der Waals surface area contributed by atoms with Gasteiger partial charge in [-0.25, -0.2) is 4.98 Å². The van der Waals surface area contributed by atoms with Crippen molar-refractivity contribution in [3.8, 4) is 0 Å². The van der Waals surface area contributed by atoms with Crippen molar-refractivity contribution in [3.63, 3.8) is 0 Å². The molecular formula is C16H21N3O3. The zero-order valence-corrected chi connectivity index (χ0v) is 12.9. The summed E-state index contributed by atoms with van der Waals surface area (Å²) in [6, 6.07) is 7.06. The number of oxazole rings is 1. The van der Waals surface area contributed by atoms with Crippen molar-refractivity contribution in [2.24, 2.45) is 0 Å². The van der Waals surface area contributed by atoms with Gasteiger partial charge in [-0.15, -0.1) is 0 Å². The number of benzene rings is 1. The van der Waals surface area contributed by atoms with Crippen LogP contribution in [0.5, 0.6) is 0 Å². The van der Waals surface area contributed by atoms with Gasteiger partial charge in [0.15, 0.2) is 11.5 Å². The van der Waals surface area contributed by atoms with E-state index in [1.165, 1.54) is 6.92 Å². The van der Waals surface area contributed by atoms with Gasteiger partial charge in [-0.05, 0) is 18.6 Å². The van der Waals surface area contributed by atoms with Gasteiger partial charge in [0.1, 0.15) is 11.6 Å². The lowest BCUT2D eigenvalue weighted by molar-refractivity contribution is -0.128. The third-order valence-corrected chi connectivity index (χ3v) is 3.25. The summed E-state index contributed by atoms with van der Waals surface area (Å²) >= 11 is 0. The predicted octanol–water partition coefficient (Wildman–Crippen LogP) is 1.79. The van der Waals surface area contributed by atoms with Crippen LogP contribution in [-0.4, -0.2) is 29.4 Å². The molecule has 0 spiro atoms. The molecule has 118 valence electrons. The second kappa shape index (κ2) is 7.59. The summed E-state index contributed by atoms with van der Waals surface area (Å²) in [4.78, 5) is 27.5. The van der Waals surface area contributed by atoms with Crippen LogP contribution in [0.1, 0.15) is 32.6 Å². The quantitative estimate of drug-likeness (QED) is 0.816. The van der Waals surface area contributed by atoms with E-state index < -0.39 is 6.04 Å². The van der Waals surface area contributed by atoms with Gasteiger partial charge in [-0.2, -0.15) is 0 Å². The SMILES string of the molecule is CCCC(NC(C)=O)C(=O)NCCc1nc2ccccc2o1. The van der Waals surface area contributed by atoms with E-state index in [1.54, 1.807) is 0 Å². The minimum atomic E-state index is -0.480. The van der Waals surface area contributed by atoms with Crippen LogP contribution in [0.2, 0.25) is 0 Å². The largest absolute Gasteiger partial charge is 0.441 e. The van der Waals surface area contributed by atoms with Crippen LogP contribution in [0.3, 0.4) is 0 Å². The van der Waals surface area contributed by atoms with Crippen molar-refractivity contribution < 1.29 is 14.0 Å². The number of aromatic nitrogens is 1. The molecule has 0 saturated carbocycles. The Hall–Kier alpha value is -2.37. The summed E-state index contributed by atoms with van der Waals surface area (Å²) < 4.78 is 5.59. The molecule has 2 N–H and O–H groups in total. The number of nitrogens with one attached hydrogen (secondary N) is 2. The van der Waals surface area contributed by atoms with E-state index in [4.69, 9.17) is 4.42 Å². The molecule has 0 aliphatic rings. The summed E-state index contributed by atoms with van der Waals surface area (Å²) in [5, 5.41) is 5.47. The van der Waals surface area contributed by atoms with E-state index in [2.05, 4.69) is 15.6 Å². The van der Waals surface area contributed by atoms with Crippen LogP contribution in [0.25, 0.3) is 11.1 Å². The zero-order chi connectivity index (χ0) is 15.9. The molecule has 0 bridgehead atoms. The first-order valence-electron chi connectivity index (χ1n) is 7.49. The smallest absolute Gasteiger partial charge is 0.242 e. The van der Waals surface area contributed by atoms with Gasteiger partial charge >= 0.3 is 0 Å². The molecule has 6 heteroatoms. The molecular weight excluding hydrogens is 282 g/mol. The molecule has 2 amide bonds. The fraction of sp³-hybridized carbons (Fsp3) is 0.438. The van der Waals surface area contributed by atoms with Crippen molar-refractivity contribution in [1.82, 2.24) is 15.6 Å². The second-order valence-electron chi connectivity index (χ2n) is 5.16. The fourth-order valence-corrected chi connectivity index (χ4v) is 2.25. The van der Waals surface area contributed by atoms with Gasteiger partial charge in [0.25, 0.3) is 0 Å². The Morgan fingerprint density at radius 1 is 1.32 bits per heavy atom. The Balaban J connectivity index is 1.86. The third kappa shape index (κ3) is 4.31. The van der Waals surface area contributed by atoms with E-state index >= 15 is 0 Å². The minimum absolute atomic E-state index is 0.173. The molecule has 0 fully saturated rings. The monoisotopic (exact) mass is 303 g/mol. The van der Waals surface area contributed by atoms with E-state index in [-0.39, 0.29) is 11.8 Å². The van der Waals surface area contributed by atoms with Gasteiger partial charge in [0.05, 0.1) is 0 Å². The topological polar surface area (TPSA) is 84.2 Å². The number of carbonyl (C=O) groups is 2. The van der Waals surface area contributed by atoms with Crippen molar-refractivity contribution in [3.05, 3.63) is 30.2 Å². The van der Waals surface area contributed by atoms with E-state index in [1.807, 2.05) is 31.2 Å². The Bertz CT molecular complexity index is 618. The molecule has 2 aromatic rings. The molecule has 1 heterocycles. The second-order valence-corrected chi connectivity index (χ2v) is 5.16. The lowest BCUT2D eigenvalue weighted by atomic mass is 10.1. The molecule has 0 aliphatic carbocycles. The molecule has 1 aromatic heterocycles. The van der Waals surface area contributed by atoms with Crippen LogP contribution in [-0.2, 0) is 16.0 Å². The van der Waals surface area contributed by atoms with Gasteiger partial charge in [0, 0.05) is 19.9 Å². The molecule has 1 atom stereocenters. The number of carbonyl (C=O) groups excluding carboxylic acids is 2. The van der Waals surface area contributed by atoms with Crippen LogP contribution in [0.15, 0.2) is 28.7 Å². The average molecular weight is 303 g/mol. The number of para-hydroxylation sites is 2. The number of hydrogen-bond donors (Lipinski definition) is 2. The number of nitrogens with zero attached hydrogens (tertiary/aromatic N) is 1. The van der Waals surface area contributed by atoms with Crippen molar-refractivity contribution in [1.29, 1.82) is 0 Å². The zero-order valence-electron chi connectivity index (χ0n) is 12.9. The van der Waals surface area contributed by atoms with Gasteiger partial charge in [0.2, 0.25) is 11.8 Å². The average Bonchev–Trinajstić information content (AvgIpc) is 2.89. The molecule has 1 aromatic carbocycles. The summed E-state index contributed by atoms with van der Waals surface area (Å²) in [6.45, 7) is 3.81. The van der Waals surface area contributed by atoms with E-state index in [9.17, 15) is 9.59 Å². The van der Waals surface area contributed by atoms with E-state index in [0.717, 1.165) is 17.5 Å². The number of rotatable bonds is 7. The standard InChI is InChI=1S/C16H21N3O3/c1-3-6-13(18-11(2)20)16(21)17-10-9-15-19-12-7-4-5-8-14(12)22-15/h4-5,7-8,13H,3,6,9-10H2,1-2H3,(H,17,21)(H,18,20).